The van der Waals surface area contributed by atoms with E-state index >= 15 is 0 Å². The quantitative estimate of drug-likeness (QED) is 0.781. The largest absolute Gasteiger partial charge is 0.489 e. The minimum Gasteiger partial charge on any atom is -0.489 e. The molecule has 1 aromatic rings. The first-order valence-electron chi connectivity index (χ1n) is 5.06. The highest BCUT2D eigenvalue weighted by molar-refractivity contribution is 5.96. The van der Waals surface area contributed by atoms with Gasteiger partial charge in [0.2, 0.25) is 0 Å². The Kier molecular flexibility index (Phi) is 3.09. The molecule has 0 saturated heterocycles. The second-order valence-corrected chi connectivity index (χ2v) is 3.47. The molecule has 1 aromatic carbocycles. The van der Waals surface area contributed by atoms with Crippen LogP contribution in [0.15, 0.2) is 24.3 Å². The maximum absolute atomic E-state index is 11.7. The molecular weight excluding hydrogens is 222 g/mol. The van der Waals surface area contributed by atoms with Crippen molar-refractivity contribution in [2.24, 2.45) is 5.73 Å². The van der Waals surface area contributed by atoms with Crippen molar-refractivity contribution in [3.8, 4) is 5.75 Å². The van der Waals surface area contributed by atoms with Crippen LogP contribution in [-0.2, 0) is 9.53 Å². The summed E-state index contributed by atoms with van der Waals surface area (Å²) in [5.74, 6) is -0.647. The summed E-state index contributed by atoms with van der Waals surface area (Å²) >= 11 is 0. The van der Waals surface area contributed by atoms with Gasteiger partial charge < -0.3 is 15.2 Å². The molecule has 0 atom stereocenters. The molecule has 0 aromatic heterocycles. The third-order valence-corrected chi connectivity index (χ3v) is 2.25. The van der Waals surface area contributed by atoms with Crippen molar-refractivity contribution < 1.29 is 19.1 Å². The number of carbonyl (C=O) groups is 2. The van der Waals surface area contributed by atoms with Crippen LogP contribution in [0.1, 0.15) is 15.9 Å². The second-order valence-electron chi connectivity index (χ2n) is 3.47. The lowest BCUT2D eigenvalue weighted by Crippen LogP contribution is -2.21. The van der Waals surface area contributed by atoms with Crippen LogP contribution < -0.4 is 10.5 Å². The molecule has 0 spiro atoms. The molecule has 2 rings (SSSR count). The van der Waals surface area contributed by atoms with Gasteiger partial charge in [0.15, 0.2) is 6.61 Å². The lowest BCUT2D eigenvalue weighted by molar-refractivity contribution is -0.121. The fourth-order valence-corrected chi connectivity index (χ4v) is 1.54. The summed E-state index contributed by atoms with van der Waals surface area (Å²) in [7, 11) is 0. The van der Waals surface area contributed by atoms with Gasteiger partial charge in [-0.05, 0) is 18.2 Å². The number of hydrogen-bond donors (Lipinski definition) is 1. The van der Waals surface area contributed by atoms with Crippen molar-refractivity contribution in [2.45, 2.75) is 0 Å². The summed E-state index contributed by atoms with van der Waals surface area (Å²) in [6.07, 6.45) is 3.59. The highest BCUT2D eigenvalue weighted by Gasteiger charge is 2.17. The minimum absolute atomic E-state index is 0.361. The minimum atomic E-state index is -0.685. The zero-order valence-electron chi connectivity index (χ0n) is 9.01. The smallest absolute Gasteiger partial charge is 0.339 e. The van der Waals surface area contributed by atoms with Crippen LogP contribution in [0.3, 0.4) is 0 Å². The maximum atomic E-state index is 11.7. The van der Waals surface area contributed by atoms with Gasteiger partial charge in [-0.15, -0.1) is 0 Å². The molecule has 0 saturated carbocycles. The van der Waals surface area contributed by atoms with Crippen molar-refractivity contribution in [3.05, 3.63) is 35.4 Å². The normalized spacial score (nSPS) is 12.5. The lowest BCUT2D eigenvalue weighted by Gasteiger charge is -2.14. The molecule has 1 aliphatic rings. The van der Waals surface area contributed by atoms with Gasteiger partial charge in [0, 0.05) is 5.56 Å². The SMILES string of the molecule is NC(=O)COC(=O)c1cccc2c1C=CCO2. The molecule has 1 amide bonds. The number of amides is 1. The summed E-state index contributed by atoms with van der Waals surface area (Å²) in [5.41, 5.74) is 5.92. The first-order valence-corrected chi connectivity index (χ1v) is 5.06. The van der Waals surface area contributed by atoms with Crippen LogP contribution in [0.2, 0.25) is 0 Å². The molecule has 5 nitrogen and oxygen atoms in total. The standard InChI is InChI=1S/C12H11NO4/c13-11(14)7-17-12(15)9-3-1-5-10-8(9)4-2-6-16-10/h1-5H,6-7H2,(H2,13,14). The Hall–Kier alpha value is -2.30. The summed E-state index contributed by atoms with van der Waals surface area (Å²) in [6, 6.07) is 5.07. The summed E-state index contributed by atoms with van der Waals surface area (Å²) in [4.78, 5) is 22.2. The number of benzene rings is 1. The van der Waals surface area contributed by atoms with Gasteiger partial charge in [-0.1, -0.05) is 12.1 Å². The highest BCUT2D eigenvalue weighted by atomic mass is 16.5. The van der Waals surface area contributed by atoms with Crippen LogP contribution in [0.4, 0.5) is 0 Å². The van der Waals surface area contributed by atoms with E-state index in [0.717, 1.165) is 0 Å². The predicted octanol–water partition coefficient (Wildman–Crippen LogP) is 0.734. The first-order chi connectivity index (χ1) is 8.18. The molecule has 2 N–H and O–H groups in total. The molecule has 5 heteroatoms. The van der Waals surface area contributed by atoms with Crippen LogP contribution in [0.25, 0.3) is 6.08 Å². The second kappa shape index (κ2) is 4.69. The average Bonchev–Trinajstić information content (AvgIpc) is 2.35. The van der Waals surface area contributed by atoms with Crippen molar-refractivity contribution in [1.82, 2.24) is 0 Å². The Morgan fingerprint density at radius 1 is 1.41 bits per heavy atom. The summed E-state index contributed by atoms with van der Waals surface area (Å²) in [5, 5.41) is 0. The third kappa shape index (κ3) is 2.44. The molecule has 0 unspecified atom stereocenters. The maximum Gasteiger partial charge on any atom is 0.339 e. The van der Waals surface area contributed by atoms with Gasteiger partial charge in [0.1, 0.15) is 12.4 Å². The van der Waals surface area contributed by atoms with Crippen LogP contribution in [-0.4, -0.2) is 25.1 Å². The number of nitrogens with two attached hydrogens (primary N) is 1. The Morgan fingerprint density at radius 3 is 3.00 bits per heavy atom. The zero-order valence-corrected chi connectivity index (χ0v) is 9.01. The van der Waals surface area contributed by atoms with E-state index < -0.39 is 18.5 Å². The van der Waals surface area contributed by atoms with Crippen LogP contribution in [0, 0.1) is 0 Å². The third-order valence-electron chi connectivity index (χ3n) is 2.25. The van der Waals surface area contributed by atoms with E-state index in [1.165, 1.54) is 0 Å². The summed E-state index contributed by atoms with van der Waals surface area (Å²) < 4.78 is 10.1. The number of primary amides is 1. The van der Waals surface area contributed by atoms with Gasteiger partial charge in [0.25, 0.3) is 5.91 Å². The first kappa shape index (κ1) is 11.2. The van der Waals surface area contributed by atoms with Gasteiger partial charge in [-0.2, -0.15) is 0 Å². The van der Waals surface area contributed by atoms with E-state index in [2.05, 4.69) is 0 Å². The number of hydrogen-bond acceptors (Lipinski definition) is 4. The van der Waals surface area contributed by atoms with Gasteiger partial charge in [-0.25, -0.2) is 4.79 Å². The van der Waals surface area contributed by atoms with E-state index in [0.29, 0.717) is 23.5 Å². The van der Waals surface area contributed by atoms with Crippen molar-refractivity contribution >= 4 is 18.0 Å². The van der Waals surface area contributed by atoms with Gasteiger partial charge in [0.05, 0.1) is 5.56 Å². The Morgan fingerprint density at radius 2 is 2.24 bits per heavy atom. The fraction of sp³-hybridized carbons (Fsp3) is 0.167. The molecule has 17 heavy (non-hydrogen) atoms. The lowest BCUT2D eigenvalue weighted by atomic mass is 10.0. The Bertz CT molecular complexity index is 493. The fourth-order valence-electron chi connectivity index (χ4n) is 1.54. The van der Waals surface area contributed by atoms with Crippen molar-refractivity contribution in [3.63, 3.8) is 0 Å². The molecule has 1 aliphatic heterocycles. The Balaban J connectivity index is 2.24. The van der Waals surface area contributed by atoms with E-state index in [-0.39, 0.29) is 0 Å². The van der Waals surface area contributed by atoms with Crippen LogP contribution in [0.5, 0.6) is 5.75 Å². The molecule has 88 valence electrons. The Labute approximate surface area is 97.8 Å². The predicted molar refractivity (Wildman–Crippen MR) is 60.4 cm³/mol. The average molecular weight is 233 g/mol. The number of ether oxygens (including phenoxy) is 2. The molecule has 0 radical (unpaired) electrons. The van der Waals surface area contributed by atoms with Gasteiger partial charge >= 0.3 is 5.97 Å². The van der Waals surface area contributed by atoms with Crippen LogP contribution >= 0.6 is 0 Å². The zero-order chi connectivity index (χ0) is 12.3. The molecule has 0 fully saturated rings. The molecule has 0 aliphatic carbocycles. The number of carbonyl (C=O) groups excluding carboxylic acids is 2. The van der Waals surface area contributed by atoms with Gasteiger partial charge in [-0.3, -0.25) is 4.79 Å². The number of esters is 1. The van der Waals surface area contributed by atoms with E-state index in [1.54, 1.807) is 30.4 Å². The van der Waals surface area contributed by atoms with E-state index in [4.69, 9.17) is 15.2 Å². The van der Waals surface area contributed by atoms with Crippen molar-refractivity contribution in [2.75, 3.05) is 13.2 Å². The number of fused-ring (bicyclic) bond motifs is 1. The number of rotatable bonds is 3. The van der Waals surface area contributed by atoms with Crippen molar-refractivity contribution in [1.29, 1.82) is 0 Å². The van der Waals surface area contributed by atoms with E-state index in [9.17, 15) is 9.59 Å². The highest BCUT2D eigenvalue weighted by Crippen LogP contribution is 2.27. The van der Waals surface area contributed by atoms with E-state index in [1.807, 2.05) is 0 Å². The molecule has 0 bridgehead atoms. The molecule has 1 heterocycles. The monoisotopic (exact) mass is 233 g/mol. The molecular formula is C12H11NO4. The topological polar surface area (TPSA) is 78.6 Å². The summed E-state index contributed by atoms with van der Waals surface area (Å²) in [6.45, 7) is 0.0554.